The zero-order valence-electron chi connectivity index (χ0n) is 26.7. The Morgan fingerprint density at radius 1 is 0.306 bits per heavy atom. The molecule has 230 valence electrons. The van der Waals surface area contributed by atoms with Crippen LogP contribution in [-0.2, 0) is 0 Å². The predicted octanol–water partition coefficient (Wildman–Crippen LogP) is 11.9. The number of benzene rings is 7. The minimum Gasteiger partial charge on any atom is -0.309 e. The summed E-state index contributed by atoms with van der Waals surface area (Å²) in [5, 5.41) is 2.45. The number of nitrogens with zero attached hydrogens (tertiary/aromatic N) is 3. The quantitative estimate of drug-likeness (QED) is 0.184. The van der Waals surface area contributed by atoms with Gasteiger partial charge in [-0.1, -0.05) is 140 Å². The van der Waals surface area contributed by atoms with E-state index in [4.69, 9.17) is 9.97 Å². The summed E-state index contributed by atoms with van der Waals surface area (Å²) in [7, 11) is 0. The lowest BCUT2D eigenvalue weighted by atomic mass is 9.98. The average Bonchev–Trinajstić information content (AvgIpc) is 3.52. The van der Waals surface area contributed by atoms with Crippen LogP contribution < -0.4 is 0 Å². The largest absolute Gasteiger partial charge is 0.309 e. The Hall–Kier alpha value is -6.58. The lowest BCUT2D eigenvalue weighted by molar-refractivity contribution is 1.18. The van der Waals surface area contributed by atoms with E-state index in [-0.39, 0.29) is 0 Å². The van der Waals surface area contributed by atoms with Crippen LogP contribution in [0.5, 0.6) is 0 Å². The number of hydrogen-bond acceptors (Lipinski definition) is 2. The zero-order valence-corrected chi connectivity index (χ0v) is 26.7. The molecule has 0 fully saturated rings. The molecule has 0 saturated carbocycles. The summed E-state index contributed by atoms with van der Waals surface area (Å²) in [5.74, 6) is 0.715. The van der Waals surface area contributed by atoms with Gasteiger partial charge in [0.2, 0.25) is 0 Å². The van der Waals surface area contributed by atoms with Gasteiger partial charge < -0.3 is 4.57 Å². The minimum atomic E-state index is 0.715. The number of rotatable bonds is 6. The zero-order chi connectivity index (χ0) is 32.6. The second kappa shape index (κ2) is 12.2. The second-order valence-corrected chi connectivity index (χ2v) is 12.3. The molecule has 0 spiro atoms. The van der Waals surface area contributed by atoms with Crippen LogP contribution in [0.25, 0.3) is 83.6 Å². The molecule has 0 atom stereocenters. The molecular formula is C46H31N3. The topological polar surface area (TPSA) is 30.7 Å². The molecule has 0 amide bonds. The molecule has 0 aliphatic heterocycles. The first-order valence-corrected chi connectivity index (χ1v) is 16.6. The molecule has 2 heterocycles. The van der Waals surface area contributed by atoms with Gasteiger partial charge in [-0.3, -0.25) is 0 Å². The molecule has 3 heteroatoms. The van der Waals surface area contributed by atoms with Gasteiger partial charge in [0.05, 0.1) is 22.4 Å². The highest BCUT2D eigenvalue weighted by molar-refractivity contribution is 6.11. The molecule has 7 aromatic carbocycles. The highest BCUT2D eigenvalue weighted by Crippen LogP contribution is 2.38. The van der Waals surface area contributed by atoms with Crippen LogP contribution in [0.2, 0.25) is 0 Å². The van der Waals surface area contributed by atoms with Gasteiger partial charge in [-0.05, 0) is 70.8 Å². The van der Waals surface area contributed by atoms with Crippen molar-refractivity contribution in [1.82, 2.24) is 14.5 Å². The fraction of sp³-hybridized carbons (Fsp3) is 0. The summed E-state index contributed by atoms with van der Waals surface area (Å²) in [6.07, 6.45) is 0. The third-order valence-electron chi connectivity index (χ3n) is 9.21. The fourth-order valence-corrected chi connectivity index (χ4v) is 6.79. The summed E-state index contributed by atoms with van der Waals surface area (Å²) in [4.78, 5) is 10.1. The van der Waals surface area contributed by atoms with Crippen LogP contribution in [0, 0.1) is 0 Å². The molecule has 0 N–H and O–H groups in total. The monoisotopic (exact) mass is 625 g/mol. The van der Waals surface area contributed by atoms with Crippen LogP contribution in [0.1, 0.15) is 0 Å². The molecule has 49 heavy (non-hydrogen) atoms. The van der Waals surface area contributed by atoms with Gasteiger partial charge in [0, 0.05) is 33.2 Å². The highest BCUT2D eigenvalue weighted by atomic mass is 15.0. The van der Waals surface area contributed by atoms with Crippen molar-refractivity contribution in [3.8, 4) is 61.8 Å². The third-order valence-corrected chi connectivity index (χ3v) is 9.21. The van der Waals surface area contributed by atoms with E-state index in [1.807, 2.05) is 36.4 Å². The summed E-state index contributed by atoms with van der Waals surface area (Å²) in [6.45, 7) is 0. The Bertz CT molecular complexity index is 2510. The van der Waals surface area contributed by atoms with E-state index in [0.29, 0.717) is 5.82 Å². The van der Waals surface area contributed by atoms with Crippen molar-refractivity contribution in [2.45, 2.75) is 0 Å². The Morgan fingerprint density at radius 3 is 1.37 bits per heavy atom. The molecule has 0 radical (unpaired) electrons. The van der Waals surface area contributed by atoms with Crippen LogP contribution in [0.3, 0.4) is 0 Å². The summed E-state index contributed by atoms with van der Waals surface area (Å²) in [6, 6.07) is 66.2. The Kier molecular flexibility index (Phi) is 7.14. The first kappa shape index (κ1) is 28.6. The van der Waals surface area contributed by atoms with Crippen LogP contribution in [0.4, 0.5) is 0 Å². The molecule has 9 aromatic rings. The molecule has 0 aliphatic rings. The van der Waals surface area contributed by atoms with Crippen LogP contribution in [-0.4, -0.2) is 14.5 Å². The molecule has 0 saturated heterocycles. The Balaban J connectivity index is 1.20. The van der Waals surface area contributed by atoms with Crippen molar-refractivity contribution in [1.29, 1.82) is 0 Å². The first-order valence-electron chi connectivity index (χ1n) is 16.6. The van der Waals surface area contributed by atoms with Gasteiger partial charge in [0.25, 0.3) is 0 Å². The van der Waals surface area contributed by atoms with Gasteiger partial charge in [-0.25, -0.2) is 9.97 Å². The molecular weight excluding hydrogens is 595 g/mol. The van der Waals surface area contributed by atoms with Crippen LogP contribution >= 0.6 is 0 Å². The van der Waals surface area contributed by atoms with Crippen molar-refractivity contribution in [2.24, 2.45) is 0 Å². The van der Waals surface area contributed by atoms with E-state index < -0.39 is 0 Å². The maximum atomic E-state index is 5.09. The van der Waals surface area contributed by atoms with E-state index >= 15 is 0 Å². The molecule has 0 aliphatic carbocycles. The lowest BCUT2D eigenvalue weighted by Gasteiger charge is -2.11. The smallest absolute Gasteiger partial charge is 0.160 e. The van der Waals surface area contributed by atoms with E-state index in [0.717, 1.165) is 44.9 Å². The fourth-order valence-electron chi connectivity index (χ4n) is 6.79. The summed E-state index contributed by atoms with van der Waals surface area (Å²) in [5.41, 5.74) is 13.1. The van der Waals surface area contributed by atoms with Crippen molar-refractivity contribution in [3.63, 3.8) is 0 Å². The van der Waals surface area contributed by atoms with Crippen molar-refractivity contribution in [3.05, 3.63) is 188 Å². The van der Waals surface area contributed by atoms with E-state index in [9.17, 15) is 0 Å². The number of para-hydroxylation sites is 1. The van der Waals surface area contributed by atoms with Gasteiger partial charge in [0.1, 0.15) is 0 Å². The summed E-state index contributed by atoms with van der Waals surface area (Å²) < 4.78 is 2.37. The predicted molar refractivity (Wildman–Crippen MR) is 204 cm³/mol. The first-order chi connectivity index (χ1) is 24.3. The van der Waals surface area contributed by atoms with Crippen molar-refractivity contribution in [2.75, 3.05) is 0 Å². The summed E-state index contributed by atoms with van der Waals surface area (Å²) >= 11 is 0. The maximum absolute atomic E-state index is 5.09. The van der Waals surface area contributed by atoms with Gasteiger partial charge in [-0.15, -0.1) is 0 Å². The number of hydrogen-bond donors (Lipinski definition) is 0. The molecule has 2 aromatic heterocycles. The van der Waals surface area contributed by atoms with Gasteiger partial charge in [0.15, 0.2) is 5.82 Å². The molecule has 0 bridgehead atoms. The number of fused-ring (bicyclic) bond motifs is 3. The molecule has 3 nitrogen and oxygen atoms in total. The second-order valence-electron chi connectivity index (χ2n) is 12.3. The molecule has 0 unspecified atom stereocenters. The SMILES string of the molecule is c1ccc(-c2ccc3c(c2)c2cc(-c4cccc(-c5cc(-c6ccccc6)nc(-c6ccccc6)n5)c4)ccc2n3-c2ccccc2)cc1. The van der Waals surface area contributed by atoms with E-state index in [1.54, 1.807) is 0 Å². The maximum Gasteiger partial charge on any atom is 0.160 e. The van der Waals surface area contributed by atoms with Gasteiger partial charge in [-0.2, -0.15) is 0 Å². The Labute approximate surface area is 285 Å². The van der Waals surface area contributed by atoms with Gasteiger partial charge >= 0.3 is 0 Å². The standard InChI is InChI=1S/C46H31N3/c1-5-14-32(15-6-1)36-24-26-44-40(29-36)41-30-37(25-27-45(41)49(44)39-22-11-4-12-23-39)35-20-13-21-38(28-35)43-31-42(33-16-7-2-8-17-33)47-46(48-43)34-18-9-3-10-19-34/h1-31H. The van der Waals surface area contributed by atoms with Crippen molar-refractivity contribution < 1.29 is 0 Å². The van der Waals surface area contributed by atoms with Crippen molar-refractivity contribution >= 4 is 21.8 Å². The number of aromatic nitrogens is 3. The van der Waals surface area contributed by atoms with Crippen LogP contribution in [0.15, 0.2) is 188 Å². The lowest BCUT2D eigenvalue weighted by Crippen LogP contribution is -1.96. The minimum absolute atomic E-state index is 0.715. The molecule has 9 rings (SSSR count). The average molecular weight is 626 g/mol. The third kappa shape index (κ3) is 5.38. The Morgan fingerprint density at radius 2 is 0.755 bits per heavy atom. The normalized spacial score (nSPS) is 11.3. The van der Waals surface area contributed by atoms with E-state index in [1.165, 1.54) is 32.9 Å². The van der Waals surface area contributed by atoms with E-state index in [2.05, 4.69) is 156 Å². The highest BCUT2D eigenvalue weighted by Gasteiger charge is 2.16.